The number of halogens is 6. The van der Waals surface area contributed by atoms with Crippen LogP contribution in [0.4, 0.5) is 32.2 Å². The number of aromatic nitrogens is 1. The van der Waals surface area contributed by atoms with Crippen LogP contribution in [0.2, 0.25) is 0 Å². The van der Waals surface area contributed by atoms with Crippen LogP contribution in [0.3, 0.4) is 0 Å². The molecule has 0 amide bonds. The van der Waals surface area contributed by atoms with Gasteiger partial charge in [0.25, 0.3) is 0 Å². The van der Waals surface area contributed by atoms with Crippen molar-refractivity contribution in [1.82, 2.24) is 4.98 Å². The van der Waals surface area contributed by atoms with Crippen molar-refractivity contribution in [3.63, 3.8) is 0 Å². The zero-order chi connectivity index (χ0) is 16.1. The number of rotatable bonds is 6. The molecule has 0 radical (unpaired) electrons. The molecular formula is C12H14F6N2O. The van der Waals surface area contributed by atoms with Gasteiger partial charge >= 0.3 is 12.4 Å². The summed E-state index contributed by atoms with van der Waals surface area (Å²) in [5, 5.41) is 2.60. The van der Waals surface area contributed by atoms with Gasteiger partial charge in [0.1, 0.15) is 5.82 Å². The van der Waals surface area contributed by atoms with Gasteiger partial charge in [-0.2, -0.15) is 31.3 Å². The topological polar surface area (TPSA) is 34.1 Å². The van der Waals surface area contributed by atoms with Crippen LogP contribution in [0.25, 0.3) is 0 Å². The van der Waals surface area contributed by atoms with Gasteiger partial charge < -0.3 is 10.1 Å². The molecule has 9 heteroatoms. The first-order valence-corrected chi connectivity index (χ1v) is 6.14. The van der Waals surface area contributed by atoms with E-state index in [2.05, 4.69) is 10.3 Å². The van der Waals surface area contributed by atoms with Crippen molar-refractivity contribution in [1.29, 1.82) is 0 Å². The van der Waals surface area contributed by atoms with Crippen LogP contribution in [0, 0.1) is 0 Å². The zero-order valence-electron chi connectivity index (χ0n) is 11.1. The van der Waals surface area contributed by atoms with Gasteiger partial charge in [0.2, 0.25) is 5.88 Å². The van der Waals surface area contributed by atoms with Crippen LogP contribution < -0.4 is 10.1 Å². The minimum Gasteiger partial charge on any atom is -0.478 e. The molecule has 1 rings (SSSR count). The minimum atomic E-state index is -4.59. The van der Waals surface area contributed by atoms with E-state index in [1.54, 1.807) is 6.92 Å². The zero-order valence-corrected chi connectivity index (χ0v) is 11.1. The molecular weight excluding hydrogens is 302 g/mol. The number of alkyl halides is 6. The predicted molar refractivity (Wildman–Crippen MR) is 64.2 cm³/mol. The summed E-state index contributed by atoms with van der Waals surface area (Å²) in [6.45, 7) is 1.66. The molecule has 0 aliphatic rings. The van der Waals surface area contributed by atoms with E-state index < -0.39 is 24.3 Å². The van der Waals surface area contributed by atoms with Crippen LogP contribution in [0.1, 0.15) is 25.3 Å². The maximum absolute atomic E-state index is 12.7. The lowest BCUT2D eigenvalue weighted by Crippen LogP contribution is -2.12. The summed E-state index contributed by atoms with van der Waals surface area (Å²) in [7, 11) is 0. The second kappa shape index (κ2) is 6.86. The highest BCUT2D eigenvalue weighted by molar-refractivity contribution is 5.42. The Kier molecular flexibility index (Phi) is 5.68. The molecule has 1 aromatic heterocycles. The molecule has 3 nitrogen and oxygen atoms in total. The van der Waals surface area contributed by atoms with Crippen LogP contribution in [0.15, 0.2) is 12.1 Å². The van der Waals surface area contributed by atoms with Crippen molar-refractivity contribution >= 4 is 5.82 Å². The fourth-order valence-corrected chi connectivity index (χ4v) is 1.46. The standard InChI is InChI=1S/C12H14F6N2O/c1-2-19-9-6-8(12(16,17)18)7-10(20-9)21-5-3-4-11(13,14)15/h6-7H,2-5H2,1H3,(H,19,20). The van der Waals surface area contributed by atoms with E-state index in [9.17, 15) is 26.3 Å². The quantitative estimate of drug-likeness (QED) is 0.629. The monoisotopic (exact) mass is 316 g/mol. The summed E-state index contributed by atoms with van der Waals surface area (Å²) in [5.41, 5.74) is -0.973. The largest absolute Gasteiger partial charge is 0.478 e. The molecule has 0 saturated carbocycles. The second-order valence-electron chi connectivity index (χ2n) is 4.17. The summed E-state index contributed by atoms with van der Waals surface area (Å²) < 4.78 is 78.7. The number of ether oxygens (including phenoxy) is 1. The average molecular weight is 316 g/mol. The van der Waals surface area contributed by atoms with Crippen LogP contribution in [-0.4, -0.2) is 24.3 Å². The van der Waals surface area contributed by atoms with Gasteiger partial charge in [0, 0.05) is 19.0 Å². The molecule has 0 unspecified atom stereocenters. The Morgan fingerprint density at radius 2 is 1.81 bits per heavy atom. The Morgan fingerprint density at radius 1 is 1.14 bits per heavy atom. The summed E-state index contributed by atoms with van der Waals surface area (Å²) in [5.74, 6) is -0.402. The van der Waals surface area contributed by atoms with E-state index in [4.69, 9.17) is 4.74 Å². The van der Waals surface area contributed by atoms with Crippen LogP contribution >= 0.6 is 0 Å². The molecule has 0 spiro atoms. The van der Waals surface area contributed by atoms with Gasteiger partial charge in [-0.1, -0.05) is 0 Å². The predicted octanol–water partition coefficient (Wildman–Crippen LogP) is 4.25. The summed E-state index contributed by atoms with van der Waals surface area (Å²) in [4.78, 5) is 3.76. The maximum atomic E-state index is 12.7. The van der Waals surface area contributed by atoms with Gasteiger partial charge in [-0.15, -0.1) is 0 Å². The van der Waals surface area contributed by atoms with E-state index in [-0.39, 0.29) is 24.7 Å². The smallest absolute Gasteiger partial charge is 0.416 e. The maximum Gasteiger partial charge on any atom is 0.416 e. The van der Waals surface area contributed by atoms with E-state index in [1.165, 1.54) is 0 Å². The molecule has 1 heterocycles. The molecule has 1 aromatic rings. The molecule has 0 aliphatic heterocycles. The normalized spacial score (nSPS) is 12.3. The molecule has 0 aromatic carbocycles. The molecule has 0 bridgehead atoms. The Bertz CT molecular complexity index is 458. The first kappa shape index (κ1) is 17.4. The third-order valence-corrected chi connectivity index (χ3v) is 2.34. The summed E-state index contributed by atoms with van der Waals surface area (Å²) >= 11 is 0. The third kappa shape index (κ3) is 6.54. The van der Waals surface area contributed by atoms with E-state index >= 15 is 0 Å². The Labute approximate surface area is 117 Å². The van der Waals surface area contributed by atoms with E-state index in [0.29, 0.717) is 12.6 Å². The highest BCUT2D eigenvalue weighted by Gasteiger charge is 2.32. The van der Waals surface area contributed by atoms with E-state index in [0.717, 1.165) is 6.07 Å². The fraction of sp³-hybridized carbons (Fsp3) is 0.583. The van der Waals surface area contributed by atoms with E-state index in [1.807, 2.05) is 0 Å². The molecule has 0 saturated heterocycles. The molecule has 1 N–H and O–H groups in total. The lowest BCUT2D eigenvalue weighted by molar-refractivity contribution is -0.137. The highest BCUT2D eigenvalue weighted by Crippen LogP contribution is 2.32. The molecule has 0 aliphatic carbocycles. The lowest BCUT2D eigenvalue weighted by Gasteiger charge is -2.13. The van der Waals surface area contributed by atoms with Crippen molar-refractivity contribution in [2.24, 2.45) is 0 Å². The van der Waals surface area contributed by atoms with Gasteiger partial charge in [-0.3, -0.25) is 0 Å². The molecule has 21 heavy (non-hydrogen) atoms. The van der Waals surface area contributed by atoms with Crippen molar-refractivity contribution in [3.8, 4) is 5.88 Å². The van der Waals surface area contributed by atoms with Crippen LogP contribution in [-0.2, 0) is 6.18 Å². The second-order valence-corrected chi connectivity index (χ2v) is 4.17. The van der Waals surface area contributed by atoms with Crippen molar-refractivity contribution in [3.05, 3.63) is 17.7 Å². The number of nitrogens with one attached hydrogen (secondary N) is 1. The van der Waals surface area contributed by atoms with Gasteiger partial charge in [-0.25, -0.2) is 0 Å². The summed E-state index contributed by atoms with van der Waals surface area (Å²) in [6, 6.07) is 1.47. The number of anilines is 1. The molecule has 0 atom stereocenters. The van der Waals surface area contributed by atoms with Gasteiger partial charge in [0.15, 0.2) is 0 Å². The highest BCUT2D eigenvalue weighted by atomic mass is 19.4. The molecule has 0 fully saturated rings. The third-order valence-electron chi connectivity index (χ3n) is 2.34. The van der Waals surface area contributed by atoms with Crippen molar-refractivity contribution in [2.45, 2.75) is 32.1 Å². The number of nitrogens with zero attached hydrogens (tertiary/aromatic N) is 1. The average Bonchev–Trinajstić information content (AvgIpc) is 2.33. The SMILES string of the molecule is CCNc1cc(C(F)(F)F)cc(OCCCC(F)(F)F)n1. The lowest BCUT2D eigenvalue weighted by atomic mass is 10.2. The van der Waals surface area contributed by atoms with Crippen LogP contribution in [0.5, 0.6) is 5.88 Å². The van der Waals surface area contributed by atoms with Crippen molar-refractivity contribution in [2.75, 3.05) is 18.5 Å². The minimum absolute atomic E-state index is 0.0434. The molecule has 120 valence electrons. The first-order valence-electron chi connectivity index (χ1n) is 6.14. The van der Waals surface area contributed by atoms with Gasteiger partial charge in [-0.05, 0) is 19.4 Å². The number of hydrogen-bond acceptors (Lipinski definition) is 3. The Hall–Kier alpha value is -1.67. The number of pyridine rings is 1. The van der Waals surface area contributed by atoms with Gasteiger partial charge in [0.05, 0.1) is 12.2 Å². The first-order chi connectivity index (χ1) is 9.62. The Balaban J connectivity index is 2.74. The number of hydrogen-bond donors (Lipinski definition) is 1. The Morgan fingerprint density at radius 3 is 2.33 bits per heavy atom. The fourth-order valence-electron chi connectivity index (χ4n) is 1.46. The van der Waals surface area contributed by atoms with Crippen molar-refractivity contribution < 1.29 is 31.1 Å². The summed E-state index contributed by atoms with van der Waals surface area (Å²) in [6.07, 6.45) is -10.3.